The van der Waals surface area contributed by atoms with E-state index in [1.807, 2.05) is 30.3 Å². The molecule has 0 amide bonds. The van der Waals surface area contributed by atoms with E-state index in [1.54, 1.807) is 18.6 Å². The third-order valence-electron chi connectivity index (χ3n) is 2.36. The summed E-state index contributed by atoms with van der Waals surface area (Å²) in [5, 5.41) is 0.984. The topological polar surface area (TPSA) is 47.9 Å². The van der Waals surface area contributed by atoms with Gasteiger partial charge in [0.2, 0.25) is 0 Å². The van der Waals surface area contributed by atoms with Crippen molar-refractivity contribution in [3.63, 3.8) is 0 Å². The molecule has 0 bridgehead atoms. The van der Waals surface area contributed by atoms with Crippen LogP contribution in [-0.2, 0) is 0 Å². The maximum Gasteiger partial charge on any atom is 0.322 e. The highest BCUT2D eigenvalue weighted by atomic mass is 79.9. The van der Waals surface area contributed by atoms with Gasteiger partial charge >= 0.3 is 6.01 Å². The van der Waals surface area contributed by atoms with Gasteiger partial charge in [0.25, 0.3) is 0 Å². The molecule has 0 saturated carbocycles. The number of rotatable bonds is 2. The maximum atomic E-state index is 5.55. The Labute approximate surface area is 112 Å². The minimum absolute atomic E-state index is 0.314. The second-order valence-electron chi connectivity index (χ2n) is 3.65. The first-order valence-electron chi connectivity index (χ1n) is 5.31. The van der Waals surface area contributed by atoms with Gasteiger partial charge in [0.1, 0.15) is 0 Å². The normalized spacial score (nSPS) is 10.5. The zero-order chi connectivity index (χ0) is 12.4. The second kappa shape index (κ2) is 4.70. The van der Waals surface area contributed by atoms with Crippen LogP contribution in [0.4, 0.5) is 0 Å². The van der Waals surface area contributed by atoms with Gasteiger partial charge in [0.15, 0.2) is 5.75 Å². The van der Waals surface area contributed by atoms with Gasteiger partial charge in [-0.3, -0.25) is 4.98 Å². The van der Waals surface area contributed by atoms with E-state index in [0.29, 0.717) is 11.8 Å². The third-order valence-corrected chi connectivity index (χ3v) is 2.79. The number of hydrogen-bond acceptors (Lipinski definition) is 4. The Hall–Kier alpha value is -2.01. The van der Waals surface area contributed by atoms with E-state index in [2.05, 4.69) is 30.9 Å². The van der Waals surface area contributed by atoms with Gasteiger partial charge in [0.05, 0.1) is 11.7 Å². The summed E-state index contributed by atoms with van der Waals surface area (Å²) >= 11 is 3.33. The van der Waals surface area contributed by atoms with Crippen LogP contribution in [0.3, 0.4) is 0 Å². The smallest absolute Gasteiger partial charge is 0.322 e. The number of fused-ring (bicyclic) bond motifs is 1. The Morgan fingerprint density at radius 2 is 1.94 bits per heavy atom. The first-order chi connectivity index (χ1) is 8.81. The van der Waals surface area contributed by atoms with Crippen LogP contribution in [0.1, 0.15) is 0 Å². The standard InChI is InChI=1S/C13H8BrN3O/c14-10-5-11(8-15-7-10)18-13-16-6-9-3-1-2-4-12(9)17-13/h1-8H. The summed E-state index contributed by atoms with van der Waals surface area (Å²) in [6, 6.07) is 9.88. The Morgan fingerprint density at radius 1 is 1.06 bits per heavy atom. The molecule has 0 unspecified atom stereocenters. The zero-order valence-corrected chi connectivity index (χ0v) is 10.8. The lowest BCUT2D eigenvalue weighted by molar-refractivity contribution is 0.442. The number of aromatic nitrogens is 3. The van der Waals surface area contributed by atoms with Crippen LogP contribution in [0.5, 0.6) is 11.8 Å². The molecular formula is C13H8BrN3O. The molecule has 0 N–H and O–H groups in total. The van der Waals surface area contributed by atoms with Crippen LogP contribution < -0.4 is 4.74 Å². The number of nitrogens with zero attached hydrogens (tertiary/aromatic N) is 3. The fourth-order valence-electron chi connectivity index (χ4n) is 1.56. The van der Waals surface area contributed by atoms with Gasteiger partial charge in [-0.2, -0.15) is 4.98 Å². The Kier molecular flexibility index (Phi) is 2.90. The number of hydrogen-bond donors (Lipinski definition) is 0. The summed E-state index contributed by atoms with van der Waals surface area (Å²) in [6.07, 6.45) is 5.04. The number of ether oxygens (including phenoxy) is 1. The van der Waals surface area contributed by atoms with Crippen molar-refractivity contribution in [2.24, 2.45) is 0 Å². The van der Waals surface area contributed by atoms with Gasteiger partial charge in [-0.25, -0.2) is 4.98 Å². The van der Waals surface area contributed by atoms with Crippen molar-refractivity contribution < 1.29 is 4.74 Å². The number of pyridine rings is 1. The van der Waals surface area contributed by atoms with E-state index in [0.717, 1.165) is 15.4 Å². The lowest BCUT2D eigenvalue weighted by Crippen LogP contribution is -1.92. The highest BCUT2D eigenvalue weighted by Gasteiger charge is 2.03. The molecule has 0 atom stereocenters. The molecule has 18 heavy (non-hydrogen) atoms. The van der Waals surface area contributed by atoms with Crippen LogP contribution in [0, 0.1) is 0 Å². The van der Waals surface area contributed by atoms with Crippen molar-refractivity contribution in [3.05, 3.63) is 53.4 Å². The molecular weight excluding hydrogens is 294 g/mol. The zero-order valence-electron chi connectivity index (χ0n) is 9.25. The predicted octanol–water partition coefficient (Wildman–Crippen LogP) is 3.58. The van der Waals surface area contributed by atoms with Crippen LogP contribution in [-0.4, -0.2) is 15.0 Å². The van der Waals surface area contributed by atoms with Gasteiger partial charge in [-0.1, -0.05) is 18.2 Å². The molecule has 1 aromatic carbocycles. The highest BCUT2D eigenvalue weighted by molar-refractivity contribution is 9.10. The first kappa shape index (κ1) is 11.1. The Bertz CT molecular complexity index is 702. The maximum absolute atomic E-state index is 5.55. The van der Waals surface area contributed by atoms with Crippen LogP contribution in [0.2, 0.25) is 0 Å². The lowest BCUT2D eigenvalue weighted by Gasteiger charge is -2.04. The summed E-state index contributed by atoms with van der Waals surface area (Å²) in [4.78, 5) is 12.5. The van der Waals surface area contributed by atoms with Crippen LogP contribution in [0.25, 0.3) is 10.9 Å². The Morgan fingerprint density at radius 3 is 2.83 bits per heavy atom. The summed E-state index contributed by atoms with van der Waals surface area (Å²) in [5.41, 5.74) is 0.852. The van der Waals surface area contributed by atoms with Gasteiger partial charge in [0, 0.05) is 22.3 Å². The summed E-state index contributed by atoms with van der Waals surface area (Å²) in [6.45, 7) is 0. The summed E-state index contributed by atoms with van der Waals surface area (Å²) < 4.78 is 6.40. The molecule has 0 fully saturated rings. The molecule has 0 aliphatic heterocycles. The summed E-state index contributed by atoms with van der Waals surface area (Å²) in [7, 11) is 0. The van der Waals surface area contributed by atoms with E-state index in [9.17, 15) is 0 Å². The molecule has 0 saturated heterocycles. The lowest BCUT2D eigenvalue weighted by atomic mass is 10.2. The minimum atomic E-state index is 0.314. The van der Waals surface area contributed by atoms with Crippen LogP contribution >= 0.6 is 15.9 Å². The van der Waals surface area contributed by atoms with Crippen molar-refractivity contribution in [3.8, 4) is 11.8 Å². The summed E-state index contributed by atoms with van der Waals surface area (Å²) in [5.74, 6) is 0.597. The van der Waals surface area contributed by atoms with Gasteiger partial charge in [-0.15, -0.1) is 0 Å². The van der Waals surface area contributed by atoms with E-state index in [4.69, 9.17) is 4.74 Å². The minimum Gasteiger partial charge on any atom is -0.423 e. The second-order valence-corrected chi connectivity index (χ2v) is 4.57. The van der Waals surface area contributed by atoms with Gasteiger partial charge in [-0.05, 0) is 28.1 Å². The molecule has 0 aliphatic rings. The fourth-order valence-corrected chi connectivity index (χ4v) is 1.90. The fraction of sp³-hybridized carbons (Fsp3) is 0. The predicted molar refractivity (Wildman–Crippen MR) is 71.5 cm³/mol. The molecule has 5 heteroatoms. The quantitative estimate of drug-likeness (QED) is 0.726. The molecule has 3 aromatic rings. The van der Waals surface area contributed by atoms with Crippen molar-refractivity contribution in [2.45, 2.75) is 0 Å². The van der Waals surface area contributed by atoms with E-state index < -0.39 is 0 Å². The first-order valence-corrected chi connectivity index (χ1v) is 6.11. The van der Waals surface area contributed by atoms with Gasteiger partial charge < -0.3 is 4.74 Å². The van der Waals surface area contributed by atoms with Crippen molar-refractivity contribution in [1.29, 1.82) is 0 Å². The average Bonchev–Trinajstić information content (AvgIpc) is 2.39. The molecule has 2 heterocycles. The van der Waals surface area contributed by atoms with Crippen molar-refractivity contribution >= 4 is 26.8 Å². The SMILES string of the molecule is Brc1cncc(Oc2ncc3ccccc3n2)c1. The monoisotopic (exact) mass is 301 g/mol. The number of para-hydroxylation sites is 1. The van der Waals surface area contributed by atoms with Crippen LogP contribution in [0.15, 0.2) is 53.4 Å². The molecule has 3 rings (SSSR count). The number of benzene rings is 1. The van der Waals surface area contributed by atoms with E-state index in [1.165, 1.54) is 0 Å². The van der Waals surface area contributed by atoms with E-state index in [-0.39, 0.29) is 0 Å². The molecule has 2 aromatic heterocycles. The molecule has 0 spiro atoms. The third kappa shape index (κ3) is 2.31. The Balaban J connectivity index is 1.95. The number of halogens is 1. The highest BCUT2D eigenvalue weighted by Crippen LogP contribution is 2.21. The molecule has 4 nitrogen and oxygen atoms in total. The van der Waals surface area contributed by atoms with E-state index >= 15 is 0 Å². The van der Waals surface area contributed by atoms with Crippen molar-refractivity contribution in [1.82, 2.24) is 15.0 Å². The van der Waals surface area contributed by atoms with Crippen molar-refractivity contribution in [2.75, 3.05) is 0 Å². The largest absolute Gasteiger partial charge is 0.423 e. The molecule has 88 valence electrons. The molecule has 0 aliphatic carbocycles. The average molecular weight is 302 g/mol. The molecule has 0 radical (unpaired) electrons.